The molecule has 2 atom stereocenters. The molecule has 0 saturated heterocycles. The number of thiophene rings is 1. The summed E-state index contributed by atoms with van der Waals surface area (Å²) in [5, 5.41) is 2.57. The molecular formula is C64H47NS. The first-order chi connectivity index (χ1) is 32.5. The van der Waals surface area contributed by atoms with Crippen LogP contribution in [0, 0.1) is 5.92 Å². The van der Waals surface area contributed by atoms with Crippen molar-refractivity contribution in [1.82, 2.24) is 0 Å². The summed E-state index contributed by atoms with van der Waals surface area (Å²) < 4.78 is 2.61. The SMILES string of the molecule is CC1(C)c2ccccc2C2C=CC(c3ccc(N(c4ccc(-c5ccccc5)cc4)c4cccc5c4sc4c6c(ccc45)C(c4ccccc4)(c4ccccc4)c4ccccc4-6)cc3)=CC21. The lowest BCUT2D eigenvalue weighted by molar-refractivity contribution is 0.395. The van der Waals surface area contributed by atoms with Gasteiger partial charge in [0, 0.05) is 38.3 Å². The van der Waals surface area contributed by atoms with Gasteiger partial charge in [0.1, 0.15) is 0 Å². The quantitative estimate of drug-likeness (QED) is 0.154. The van der Waals surface area contributed by atoms with Crippen molar-refractivity contribution >= 4 is 54.1 Å². The zero-order chi connectivity index (χ0) is 44.0. The van der Waals surface area contributed by atoms with Gasteiger partial charge in [-0.15, -0.1) is 11.3 Å². The molecule has 1 nitrogen and oxygen atoms in total. The molecule has 1 aromatic heterocycles. The number of hydrogen-bond donors (Lipinski definition) is 0. The summed E-state index contributed by atoms with van der Waals surface area (Å²) in [4.78, 5) is 2.47. The third-order valence-corrected chi connectivity index (χ3v) is 16.3. The van der Waals surface area contributed by atoms with E-state index in [-0.39, 0.29) is 5.41 Å². The van der Waals surface area contributed by atoms with Crippen LogP contribution in [0.3, 0.4) is 0 Å². The molecule has 3 aliphatic rings. The van der Waals surface area contributed by atoms with E-state index in [2.05, 4.69) is 255 Å². The van der Waals surface area contributed by atoms with Crippen molar-refractivity contribution in [3.8, 4) is 22.3 Å². The molecule has 0 spiro atoms. The van der Waals surface area contributed by atoms with E-state index in [4.69, 9.17) is 0 Å². The zero-order valence-corrected chi connectivity index (χ0v) is 37.8. The highest BCUT2D eigenvalue weighted by Crippen LogP contribution is 2.60. The topological polar surface area (TPSA) is 3.24 Å². The normalized spacial score (nSPS) is 17.2. The van der Waals surface area contributed by atoms with Gasteiger partial charge in [0.25, 0.3) is 0 Å². The maximum Gasteiger partial charge on any atom is 0.0714 e. The molecular weight excluding hydrogens is 815 g/mol. The van der Waals surface area contributed by atoms with Crippen molar-refractivity contribution in [2.75, 3.05) is 4.90 Å². The Bertz CT molecular complexity index is 3500. The molecule has 13 rings (SSSR count). The van der Waals surface area contributed by atoms with E-state index >= 15 is 0 Å². The van der Waals surface area contributed by atoms with Gasteiger partial charge in [-0.1, -0.05) is 220 Å². The standard InChI is InChI=1S/C64H47NS/c1-63(2)55-26-14-12-23-50(55)51-38-33-45(41-58(51)63)44-31-36-49(37-32-44)65(48-34-29-43(30-35-48)42-17-6-3-7-18-42)59-28-16-25-52-53-39-40-57-60(62(53)66-61(52)59)54-24-13-15-27-56(54)64(57,46-19-8-4-9-20-46)47-21-10-5-11-22-47/h3-41,51,58H,1-2H3. The summed E-state index contributed by atoms with van der Waals surface area (Å²) in [7, 11) is 0. The molecule has 66 heavy (non-hydrogen) atoms. The van der Waals surface area contributed by atoms with E-state index < -0.39 is 5.41 Å². The molecule has 10 aromatic rings. The van der Waals surface area contributed by atoms with Crippen molar-refractivity contribution in [2.24, 2.45) is 5.92 Å². The monoisotopic (exact) mass is 861 g/mol. The van der Waals surface area contributed by atoms with Crippen LogP contribution in [0.5, 0.6) is 0 Å². The van der Waals surface area contributed by atoms with Crippen LogP contribution in [0.1, 0.15) is 58.7 Å². The second-order valence-corrected chi connectivity index (χ2v) is 19.8. The minimum atomic E-state index is -0.447. The van der Waals surface area contributed by atoms with Crippen LogP contribution in [0.25, 0.3) is 48.0 Å². The summed E-state index contributed by atoms with van der Waals surface area (Å²) in [6, 6.07) is 81.2. The lowest BCUT2D eigenvalue weighted by atomic mass is 9.68. The van der Waals surface area contributed by atoms with Crippen LogP contribution in [-0.2, 0) is 10.8 Å². The van der Waals surface area contributed by atoms with E-state index in [1.165, 1.54) is 92.6 Å². The Morgan fingerprint density at radius 1 is 0.455 bits per heavy atom. The van der Waals surface area contributed by atoms with Gasteiger partial charge < -0.3 is 4.90 Å². The molecule has 1 heterocycles. The number of hydrogen-bond acceptors (Lipinski definition) is 2. The Labute approximate surface area is 391 Å². The second-order valence-electron chi connectivity index (χ2n) is 18.8. The Morgan fingerprint density at radius 3 is 1.73 bits per heavy atom. The van der Waals surface area contributed by atoms with Gasteiger partial charge >= 0.3 is 0 Å². The van der Waals surface area contributed by atoms with Crippen molar-refractivity contribution < 1.29 is 0 Å². The average Bonchev–Trinajstić information content (AvgIpc) is 3.99. The number of nitrogens with zero attached hydrogens (tertiary/aromatic N) is 1. The van der Waals surface area contributed by atoms with Crippen molar-refractivity contribution in [1.29, 1.82) is 0 Å². The molecule has 0 fully saturated rings. The fraction of sp³-hybridized carbons (Fsp3) is 0.0938. The van der Waals surface area contributed by atoms with Crippen molar-refractivity contribution in [3.63, 3.8) is 0 Å². The molecule has 2 unspecified atom stereocenters. The summed E-state index contributed by atoms with van der Waals surface area (Å²) in [6.45, 7) is 4.83. The highest BCUT2D eigenvalue weighted by Gasteiger charge is 2.47. The van der Waals surface area contributed by atoms with Crippen molar-refractivity contribution in [2.45, 2.75) is 30.6 Å². The molecule has 0 bridgehead atoms. The molecule has 0 amide bonds. The molecule has 314 valence electrons. The molecule has 0 saturated carbocycles. The first-order valence-corrected chi connectivity index (χ1v) is 24.1. The van der Waals surface area contributed by atoms with Gasteiger partial charge in [0.2, 0.25) is 0 Å². The van der Waals surface area contributed by atoms with E-state index in [0.717, 1.165) is 11.4 Å². The number of benzene rings is 9. The number of allylic oxidation sites excluding steroid dienone is 4. The van der Waals surface area contributed by atoms with E-state index in [9.17, 15) is 0 Å². The Hall–Kier alpha value is -7.52. The van der Waals surface area contributed by atoms with E-state index in [1.54, 1.807) is 0 Å². The maximum atomic E-state index is 2.54. The maximum absolute atomic E-state index is 2.54. The van der Waals surface area contributed by atoms with Crippen LogP contribution in [0.4, 0.5) is 17.1 Å². The number of fused-ring (bicyclic) bond motifs is 10. The molecule has 0 radical (unpaired) electrons. The predicted molar refractivity (Wildman–Crippen MR) is 280 cm³/mol. The fourth-order valence-corrected chi connectivity index (χ4v) is 13.4. The highest BCUT2D eigenvalue weighted by atomic mass is 32.1. The first kappa shape index (κ1) is 38.9. The minimum Gasteiger partial charge on any atom is -0.309 e. The molecule has 9 aromatic carbocycles. The predicted octanol–water partition coefficient (Wildman–Crippen LogP) is 17.2. The largest absolute Gasteiger partial charge is 0.309 e. The van der Waals surface area contributed by atoms with Gasteiger partial charge in [-0.25, -0.2) is 0 Å². The van der Waals surface area contributed by atoms with Gasteiger partial charge in [-0.3, -0.25) is 0 Å². The number of rotatable bonds is 7. The van der Waals surface area contributed by atoms with Gasteiger partial charge in [0.15, 0.2) is 0 Å². The van der Waals surface area contributed by atoms with Crippen molar-refractivity contribution in [3.05, 3.63) is 276 Å². The first-order valence-electron chi connectivity index (χ1n) is 23.3. The van der Waals surface area contributed by atoms with Gasteiger partial charge in [-0.05, 0) is 103 Å². The van der Waals surface area contributed by atoms with Crippen LogP contribution in [-0.4, -0.2) is 0 Å². The summed E-state index contributed by atoms with van der Waals surface area (Å²) in [5.74, 6) is 0.830. The van der Waals surface area contributed by atoms with Crippen LogP contribution in [0.15, 0.2) is 237 Å². The lowest BCUT2D eigenvalue weighted by Crippen LogP contribution is -2.28. The third-order valence-electron chi connectivity index (χ3n) is 15.1. The molecule has 2 heteroatoms. The lowest BCUT2D eigenvalue weighted by Gasteiger charge is -2.33. The van der Waals surface area contributed by atoms with E-state index in [1.807, 2.05) is 11.3 Å². The van der Waals surface area contributed by atoms with Crippen LogP contribution in [0.2, 0.25) is 0 Å². The molecule has 0 aliphatic heterocycles. The summed E-state index contributed by atoms with van der Waals surface area (Å²) >= 11 is 1.94. The second kappa shape index (κ2) is 15.0. The van der Waals surface area contributed by atoms with Crippen LogP contribution >= 0.6 is 11.3 Å². The summed E-state index contributed by atoms with van der Waals surface area (Å²) in [5.41, 5.74) is 18.9. The Kier molecular flexibility index (Phi) is 8.85. The number of anilines is 3. The zero-order valence-electron chi connectivity index (χ0n) is 37.0. The molecule has 3 aliphatic carbocycles. The van der Waals surface area contributed by atoms with Crippen LogP contribution < -0.4 is 4.90 Å². The summed E-state index contributed by atoms with van der Waals surface area (Å²) in [6.07, 6.45) is 7.34. The Balaban J connectivity index is 0.978. The molecule has 0 N–H and O–H groups in total. The highest BCUT2D eigenvalue weighted by molar-refractivity contribution is 7.27. The van der Waals surface area contributed by atoms with Gasteiger partial charge in [0.05, 0.1) is 15.8 Å². The average molecular weight is 862 g/mol. The minimum absolute atomic E-state index is 0.0651. The fourth-order valence-electron chi connectivity index (χ4n) is 12.0. The van der Waals surface area contributed by atoms with Gasteiger partial charge in [-0.2, -0.15) is 0 Å². The Morgan fingerprint density at radius 2 is 1.03 bits per heavy atom. The smallest absolute Gasteiger partial charge is 0.0714 e. The van der Waals surface area contributed by atoms with E-state index in [0.29, 0.717) is 11.8 Å². The third kappa shape index (κ3) is 5.71.